The number of fused-ring (bicyclic) bond motifs is 5. The normalized spacial score (nSPS) is 21.0. The van der Waals surface area contributed by atoms with Crippen LogP contribution in [0.25, 0.3) is 28.0 Å². The molecule has 2 atom stereocenters. The summed E-state index contributed by atoms with van der Waals surface area (Å²) in [4.78, 5) is 9.91. The van der Waals surface area contributed by atoms with Crippen LogP contribution in [0.15, 0.2) is 185 Å². The highest BCUT2D eigenvalue weighted by atomic mass is 15.0. The van der Waals surface area contributed by atoms with Crippen LogP contribution in [0.1, 0.15) is 60.3 Å². The van der Waals surface area contributed by atoms with Crippen molar-refractivity contribution in [1.29, 1.82) is 0 Å². The van der Waals surface area contributed by atoms with Gasteiger partial charge >= 0.3 is 0 Å². The Morgan fingerprint density at radius 2 is 1.50 bits per heavy atom. The molecule has 0 amide bonds. The first kappa shape index (κ1) is 30.3. The number of amidine groups is 1. The number of pyridine rings is 1. The van der Waals surface area contributed by atoms with E-state index in [4.69, 9.17) is 4.99 Å². The molecule has 9 rings (SSSR count). The van der Waals surface area contributed by atoms with Crippen molar-refractivity contribution in [1.82, 2.24) is 10.3 Å². The molecule has 1 aromatic heterocycles. The molecule has 0 radical (unpaired) electrons. The molecule has 50 heavy (non-hydrogen) atoms. The SMILES string of the molecule is C1=CCC(c2ccccc2)=CC(C2C=C(c3cccc(-c4cccnc4)c3)NC(C3=CC4C=C(CC3)C3=C(C=CCC3)c3ccccc34)=N2)=C1. The van der Waals surface area contributed by atoms with E-state index in [1.807, 2.05) is 18.5 Å². The molecule has 2 bridgehead atoms. The van der Waals surface area contributed by atoms with Gasteiger partial charge in [0.1, 0.15) is 5.84 Å². The van der Waals surface area contributed by atoms with E-state index in [0.29, 0.717) is 0 Å². The summed E-state index contributed by atoms with van der Waals surface area (Å²) >= 11 is 0. The topological polar surface area (TPSA) is 37.3 Å². The van der Waals surface area contributed by atoms with Crippen LogP contribution < -0.4 is 5.32 Å². The lowest BCUT2D eigenvalue weighted by Crippen LogP contribution is -2.31. The molecule has 5 aliphatic rings. The molecular weight excluding hydrogens is 607 g/mol. The summed E-state index contributed by atoms with van der Waals surface area (Å²) in [5.41, 5.74) is 16.7. The Kier molecular flexibility index (Phi) is 8.02. The van der Waals surface area contributed by atoms with Crippen molar-refractivity contribution in [3.8, 4) is 11.1 Å². The molecule has 0 saturated carbocycles. The second-order valence-corrected chi connectivity index (χ2v) is 13.6. The van der Waals surface area contributed by atoms with Crippen LogP contribution in [0.4, 0.5) is 0 Å². The van der Waals surface area contributed by atoms with E-state index in [2.05, 4.69) is 150 Å². The van der Waals surface area contributed by atoms with Gasteiger partial charge in [-0.05, 0) is 112 Å². The van der Waals surface area contributed by atoms with E-state index < -0.39 is 0 Å². The molecule has 0 fully saturated rings. The summed E-state index contributed by atoms with van der Waals surface area (Å²) in [6.45, 7) is 0. The van der Waals surface area contributed by atoms with Crippen LogP contribution in [0, 0.1) is 0 Å². The Morgan fingerprint density at radius 1 is 0.680 bits per heavy atom. The maximum Gasteiger partial charge on any atom is 0.129 e. The van der Waals surface area contributed by atoms with Crippen molar-refractivity contribution in [3.63, 3.8) is 0 Å². The predicted molar refractivity (Wildman–Crippen MR) is 208 cm³/mol. The lowest BCUT2D eigenvalue weighted by atomic mass is 9.85. The third-order valence-electron chi connectivity index (χ3n) is 10.5. The molecule has 3 nitrogen and oxygen atoms in total. The van der Waals surface area contributed by atoms with Gasteiger partial charge in [0.2, 0.25) is 0 Å². The van der Waals surface area contributed by atoms with Crippen molar-refractivity contribution in [2.45, 2.75) is 44.1 Å². The number of benzene rings is 3. The second-order valence-electron chi connectivity index (χ2n) is 13.6. The summed E-state index contributed by atoms with van der Waals surface area (Å²) < 4.78 is 0. The van der Waals surface area contributed by atoms with E-state index in [-0.39, 0.29) is 12.0 Å². The van der Waals surface area contributed by atoms with Crippen LogP contribution in [0.5, 0.6) is 0 Å². The number of nitrogens with zero attached hydrogens (tertiary/aromatic N) is 2. The van der Waals surface area contributed by atoms with Crippen LogP contribution in [0.3, 0.4) is 0 Å². The maximum absolute atomic E-state index is 5.53. The fourth-order valence-electron chi connectivity index (χ4n) is 7.99. The van der Waals surface area contributed by atoms with Gasteiger partial charge in [-0.3, -0.25) is 9.98 Å². The number of rotatable bonds is 5. The van der Waals surface area contributed by atoms with Gasteiger partial charge in [-0.2, -0.15) is 0 Å². The third kappa shape index (κ3) is 5.90. The minimum absolute atomic E-state index is 0.141. The van der Waals surface area contributed by atoms with Crippen LogP contribution in [-0.4, -0.2) is 16.9 Å². The molecule has 242 valence electrons. The Morgan fingerprint density at radius 3 is 2.42 bits per heavy atom. The minimum atomic E-state index is -0.141. The average molecular weight is 646 g/mol. The number of aromatic nitrogens is 1. The maximum atomic E-state index is 5.53. The molecule has 2 heterocycles. The molecular formula is C47H39N3. The lowest BCUT2D eigenvalue weighted by Gasteiger charge is -2.26. The summed E-state index contributed by atoms with van der Waals surface area (Å²) in [7, 11) is 0. The fraction of sp³-hybridized carbons (Fsp3) is 0.149. The molecule has 0 saturated heterocycles. The molecule has 4 aliphatic carbocycles. The van der Waals surface area contributed by atoms with Gasteiger partial charge in [-0.15, -0.1) is 0 Å². The van der Waals surface area contributed by atoms with Gasteiger partial charge in [0.05, 0.1) is 6.04 Å². The van der Waals surface area contributed by atoms with E-state index in [1.54, 1.807) is 0 Å². The quantitative estimate of drug-likeness (QED) is 0.234. The highest BCUT2D eigenvalue weighted by Crippen LogP contribution is 2.44. The van der Waals surface area contributed by atoms with Crippen molar-refractivity contribution in [2.24, 2.45) is 4.99 Å². The first-order valence-corrected chi connectivity index (χ1v) is 17.9. The third-order valence-corrected chi connectivity index (χ3v) is 10.5. The molecule has 1 aliphatic heterocycles. The number of nitrogens with one attached hydrogen (secondary N) is 1. The van der Waals surface area contributed by atoms with Crippen LogP contribution in [-0.2, 0) is 0 Å². The van der Waals surface area contributed by atoms with Crippen molar-refractivity contribution >= 4 is 22.7 Å². The van der Waals surface area contributed by atoms with Crippen LogP contribution >= 0.6 is 0 Å². The monoisotopic (exact) mass is 645 g/mol. The largest absolute Gasteiger partial charge is 0.340 e. The van der Waals surface area contributed by atoms with E-state index in [9.17, 15) is 0 Å². The Labute approximate surface area is 294 Å². The van der Waals surface area contributed by atoms with E-state index >= 15 is 0 Å². The highest BCUT2D eigenvalue weighted by Gasteiger charge is 2.29. The van der Waals surface area contributed by atoms with Gasteiger partial charge in [0, 0.05) is 29.6 Å². The molecule has 2 unspecified atom stereocenters. The zero-order valence-corrected chi connectivity index (χ0v) is 28.1. The van der Waals surface area contributed by atoms with Crippen molar-refractivity contribution in [3.05, 3.63) is 203 Å². The average Bonchev–Trinajstić information content (AvgIpc) is 3.63. The Bertz CT molecular complexity index is 2250. The Balaban J connectivity index is 1.14. The molecule has 0 spiro atoms. The molecule has 1 N–H and O–H groups in total. The highest BCUT2D eigenvalue weighted by molar-refractivity contribution is 6.05. The van der Waals surface area contributed by atoms with Gasteiger partial charge < -0.3 is 5.32 Å². The number of hydrogen-bond acceptors (Lipinski definition) is 3. The van der Waals surface area contributed by atoms with Crippen LogP contribution in [0.2, 0.25) is 0 Å². The zero-order valence-electron chi connectivity index (χ0n) is 28.1. The molecule has 4 aromatic rings. The molecule has 3 aromatic carbocycles. The Hall–Kier alpha value is -5.80. The van der Waals surface area contributed by atoms with Crippen molar-refractivity contribution < 1.29 is 0 Å². The van der Waals surface area contributed by atoms with E-state index in [1.165, 1.54) is 50.1 Å². The van der Waals surface area contributed by atoms with E-state index in [0.717, 1.165) is 60.3 Å². The summed E-state index contributed by atoms with van der Waals surface area (Å²) in [5.74, 6) is 1.16. The first-order chi connectivity index (χ1) is 24.8. The first-order valence-electron chi connectivity index (χ1n) is 17.9. The van der Waals surface area contributed by atoms with Gasteiger partial charge in [-0.1, -0.05) is 127 Å². The molecule has 3 heteroatoms. The number of aliphatic imine (C=N–C) groups is 1. The summed E-state index contributed by atoms with van der Waals surface area (Å²) in [6, 6.07) is 32.5. The lowest BCUT2D eigenvalue weighted by molar-refractivity contribution is 0.889. The second kappa shape index (κ2) is 13.2. The summed E-state index contributed by atoms with van der Waals surface area (Å²) in [5, 5.41) is 3.86. The van der Waals surface area contributed by atoms with Gasteiger partial charge in [0.25, 0.3) is 0 Å². The standard InChI is InChI=1S/C47H39N3/c1-2-12-32(13-3-1)33-14-4-5-15-36(26-33)45-30-46(37-17-10-16-34(27-37)39-18-11-25-48-31-39)50-47(49-45)38-24-23-35-28-40(29-38)42-20-7-9-22-44(42)43-21-8-6-19-41(35)43/h1-5,7-13,15-18,20-22,25-31,40,45H,6,14,19,23-24H2,(H,49,50). The van der Waals surface area contributed by atoms with Gasteiger partial charge in [-0.25, -0.2) is 0 Å². The zero-order chi connectivity index (χ0) is 33.3. The van der Waals surface area contributed by atoms with Gasteiger partial charge in [0.15, 0.2) is 0 Å². The summed E-state index contributed by atoms with van der Waals surface area (Å²) in [6.07, 6.45) is 29.9. The smallest absolute Gasteiger partial charge is 0.129 e. The minimum Gasteiger partial charge on any atom is -0.340 e. The number of hydrogen-bond donors (Lipinski definition) is 1. The predicted octanol–water partition coefficient (Wildman–Crippen LogP) is 11.0. The van der Waals surface area contributed by atoms with Crippen molar-refractivity contribution in [2.75, 3.05) is 0 Å². The number of allylic oxidation sites excluding steroid dienone is 11. The fourth-order valence-corrected chi connectivity index (χ4v) is 7.99.